The maximum absolute atomic E-state index is 12.3. The van der Waals surface area contributed by atoms with Crippen LogP contribution in [0, 0.1) is 0 Å². The van der Waals surface area contributed by atoms with Crippen molar-refractivity contribution in [3.63, 3.8) is 0 Å². The SMILES string of the molecule is Cn1cccc1C(=O)N1C[C@@H](O)[C@](O)(CNS(C)(=O)=O)C1. The lowest BCUT2D eigenvalue weighted by atomic mass is 10.0. The average Bonchev–Trinajstić information content (AvgIpc) is 2.91. The van der Waals surface area contributed by atoms with Gasteiger partial charge in [-0.25, -0.2) is 13.1 Å². The summed E-state index contributed by atoms with van der Waals surface area (Å²) in [6.07, 6.45) is 1.47. The summed E-state index contributed by atoms with van der Waals surface area (Å²) in [5.74, 6) is -0.322. The highest BCUT2D eigenvalue weighted by atomic mass is 32.2. The van der Waals surface area contributed by atoms with Crippen LogP contribution in [0.2, 0.25) is 0 Å². The Balaban J connectivity index is 2.10. The third kappa shape index (κ3) is 3.43. The van der Waals surface area contributed by atoms with E-state index in [9.17, 15) is 23.4 Å². The Kier molecular flexibility index (Phi) is 4.11. The van der Waals surface area contributed by atoms with Crippen LogP contribution in [0.4, 0.5) is 0 Å². The topological polar surface area (TPSA) is 112 Å². The summed E-state index contributed by atoms with van der Waals surface area (Å²) in [6.45, 7) is -0.531. The highest BCUT2D eigenvalue weighted by Crippen LogP contribution is 2.23. The van der Waals surface area contributed by atoms with E-state index >= 15 is 0 Å². The molecule has 0 saturated carbocycles. The Bertz CT molecular complexity index is 641. The van der Waals surface area contributed by atoms with Gasteiger partial charge in [0.1, 0.15) is 17.4 Å². The van der Waals surface area contributed by atoms with Gasteiger partial charge in [-0.05, 0) is 12.1 Å². The molecule has 1 aliphatic rings. The van der Waals surface area contributed by atoms with Crippen LogP contribution in [-0.2, 0) is 17.1 Å². The van der Waals surface area contributed by atoms with Gasteiger partial charge < -0.3 is 19.7 Å². The third-order valence-electron chi connectivity index (χ3n) is 3.57. The van der Waals surface area contributed by atoms with Crippen LogP contribution in [0.5, 0.6) is 0 Å². The van der Waals surface area contributed by atoms with Crippen LogP contribution < -0.4 is 4.72 Å². The molecule has 1 aliphatic heterocycles. The number of hydrogen-bond acceptors (Lipinski definition) is 5. The minimum atomic E-state index is -3.49. The molecule has 21 heavy (non-hydrogen) atoms. The number of aliphatic hydroxyl groups excluding tert-OH is 1. The normalized spacial score (nSPS) is 26.3. The summed E-state index contributed by atoms with van der Waals surface area (Å²) in [6, 6.07) is 3.36. The van der Waals surface area contributed by atoms with Crippen molar-refractivity contribution in [1.29, 1.82) is 0 Å². The van der Waals surface area contributed by atoms with Gasteiger partial charge in [0, 0.05) is 19.8 Å². The number of aromatic nitrogens is 1. The fourth-order valence-electron chi connectivity index (χ4n) is 2.31. The van der Waals surface area contributed by atoms with E-state index in [1.165, 1.54) is 4.90 Å². The smallest absolute Gasteiger partial charge is 0.270 e. The molecule has 0 bridgehead atoms. The van der Waals surface area contributed by atoms with E-state index in [1.807, 2.05) is 0 Å². The maximum atomic E-state index is 12.3. The van der Waals surface area contributed by atoms with Crippen LogP contribution in [-0.4, -0.2) is 71.6 Å². The summed E-state index contributed by atoms with van der Waals surface area (Å²) in [5, 5.41) is 20.3. The summed E-state index contributed by atoms with van der Waals surface area (Å²) < 4.78 is 26.0. The standard InChI is InChI=1S/C12H19N3O5S/c1-14-5-3-4-9(14)11(17)15-6-10(16)12(18,8-15)7-13-21(2,19)20/h3-5,10,13,16,18H,6-8H2,1-2H3/t10-,12+/m1/s1. The Morgan fingerprint density at radius 2 is 2.24 bits per heavy atom. The molecule has 3 N–H and O–H groups in total. The molecule has 118 valence electrons. The quantitative estimate of drug-likeness (QED) is 0.602. The molecule has 2 rings (SSSR count). The molecule has 0 unspecified atom stereocenters. The second-order valence-electron chi connectivity index (χ2n) is 5.40. The minimum absolute atomic E-state index is 0.0496. The van der Waals surface area contributed by atoms with Crippen molar-refractivity contribution >= 4 is 15.9 Å². The molecule has 1 saturated heterocycles. The number of carbonyl (C=O) groups excluding carboxylic acids is 1. The number of likely N-dealkylation sites (tertiary alicyclic amines) is 1. The van der Waals surface area contributed by atoms with Gasteiger partial charge in [-0.3, -0.25) is 4.79 Å². The lowest BCUT2D eigenvalue weighted by Gasteiger charge is -2.25. The van der Waals surface area contributed by atoms with Crippen molar-refractivity contribution in [2.24, 2.45) is 7.05 Å². The molecule has 2 heterocycles. The molecule has 9 heteroatoms. The van der Waals surface area contributed by atoms with Gasteiger partial charge in [0.05, 0.1) is 19.3 Å². The predicted octanol–water partition coefficient (Wildman–Crippen LogP) is -1.88. The molecular formula is C12H19N3O5S. The molecule has 1 fully saturated rings. The summed E-state index contributed by atoms with van der Waals surface area (Å²) in [4.78, 5) is 13.6. The number of hydrogen-bond donors (Lipinski definition) is 3. The van der Waals surface area contributed by atoms with E-state index in [4.69, 9.17) is 0 Å². The Labute approximate surface area is 123 Å². The zero-order valence-corrected chi connectivity index (χ0v) is 12.7. The van der Waals surface area contributed by atoms with Gasteiger partial charge in [-0.15, -0.1) is 0 Å². The molecule has 0 aromatic carbocycles. The molecule has 8 nitrogen and oxygen atoms in total. The molecule has 1 aromatic rings. The van der Waals surface area contributed by atoms with Crippen LogP contribution in [0.15, 0.2) is 18.3 Å². The van der Waals surface area contributed by atoms with Gasteiger partial charge >= 0.3 is 0 Å². The van der Waals surface area contributed by atoms with Gasteiger partial charge in [0.15, 0.2) is 0 Å². The Morgan fingerprint density at radius 1 is 1.57 bits per heavy atom. The zero-order valence-electron chi connectivity index (χ0n) is 11.9. The molecule has 1 amide bonds. The first-order valence-electron chi connectivity index (χ1n) is 6.38. The van der Waals surface area contributed by atoms with Crippen LogP contribution >= 0.6 is 0 Å². The van der Waals surface area contributed by atoms with Gasteiger partial charge in [-0.1, -0.05) is 0 Å². The van der Waals surface area contributed by atoms with E-state index in [-0.39, 0.29) is 25.5 Å². The number of β-amino-alcohol motifs (C(OH)–C–C–N with tert-alkyl or cyclic N) is 2. The number of aryl methyl sites for hydroxylation is 1. The molecule has 1 aromatic heterocycles. The van der Waals surface area contributed by atoms with Crippen LogP contribution in [0.1, 0.15) is 10.5 Å². The number of nitrogens with one attached hydrogen (secondary N) is 1. The lowest BCUT2D eigenvalue weighted by Crippen LogP contribution is -2.51. The van der Waals surface area contributed by atoms with Crippen molar-refractivity contribution in [2.75, 3.05) is 25.9 Å². The van der Waals surface area contributed by atoms with Gasteiger partial charge in [-0.2, -0.15) is 0 Å². The number of rotatable bonds is 4. The number of aliphatic hydroxyl groups is 2. The Morgan fingerprint density at radius 3 is 2.76 bits per heavy atom. The first kappa shape index (κ1) is 16.0. The second kappa shape index (κ2) is 5.41. The van der Waals surface area contributed by atoms with E-state index in [2.05, 4.69) is 4.72 Å². The highest BCUT2D eigenvalue weighted by Gasteiger charge is 2.46. The fourth-order valence-corrected chi connectivity index (χ4v) is 2.82. The molecular weight excluding hydrogens is 298 g/mol. The molecule has 0 radical (unpaired) electrons. The highest BCUT2D eigenvalue weighted by molar-refractivity contribution is 7.88. The first-order chi connectivity index (χ1) is 9.62. The average molecular weight is 317 g/mol. The van der Waals surface area contributed by atoms with Gasteiger partial charge in [0.2, 0.25) is 10.0 Å². The lowest BCUT2D eigenvalue weighted by molar-refractivity contribution is -0.0352. The Hall–Kier alpha value is -1.42. The third-order valence-corrected chi connectivity index (χ3v) is 4.24. The van der Waals surface area contributed by atoms with E-state index < -0.39 is 21.7 Å². The van der Waals surface area contributed by atoms with E-state index in [0.29, 0.717) is 5.69 Å². The van der Waals surface area contributed by atoms with Crippen molar-refractivity contribution < 1.29 is 23.4 Å². The zero-order chi connectivity index (χ0) is 15.8. The monoisotopic (exact) mass is 317 g/mol. The van der Waals surface area contributed by atoms with Crippen LogP contribution in [0.25, 0.3) is 0 Å². The van der Waals surface area contributed by atoms with Gasteiger partial charge in [0.25, 0.3) is 5.91 Å². The van der Waals surface area contributed by atoms with Crippen LogP contribution in [0.3, 0.4) is 0 Å². The molecule has 0 spiro atoms. The summed E-state index contributed by atoms with van der Waals surface area (Å²) >= 11 is 0. The largest absolute Gasteiger partial charge is 0.388 e. The fraction of sp³-hybridized carbons (Fsp3) is 0.583. The maximum Gasteiger partial charge on any atom is 0.270 e. The van der Waals surface area contributed by atoms with Crippen molar-refractivity contribution in [1.82, 2.24) is 14.2 Å². The second-order valence-corrected chi connectivity index (χ2v) is 7.24. The van der Waals surface area contributed by atoms with E-state index in [0.717, 1.165) is 6.26 Å². The number of amides is 1. The van der Waals surface area contributed by atoms with Crippen molar-refractivity contribution in [3.05, 3.63) is 24.0 Å². The number of sulfonamides is 1. The molecule has 2 atom stereocenters. The van der Waals surface area contributed by atoms with Crippen molar-refractivity contribution in [2.45, 2.75) is 11.7 Å². The van der Waals surface area contributed by atoms with E-state index in [1.54, 1.807) is 29.9 Å². The summed E-state index contributed by atoms with van der Waals surface area (Å²) in [5.41, 5.74) is -1.26. The first-order valence-corrected chi connectivity index (χ1v) is 8.27. The molecule has 0 aliphatic carbocycles. The minimum Gasteiger partial charge on any atom is -0.388 e. The number of nitrogens with zero attached hydrogens (tertiary/aromatic N) is 2. The number of carbonyl (C=O) groups is 1. The predicted molar refractivity (Wildman–Crippen MR) is 75.1 cm³/mol. The van der Waals surface area contributed by atoms with Crippen molar-refractivity contribution in [3.8, 4) is 0 Å². The summed E-state index contributed by atoms with van der Waals surface area (Å²) in [7, 11) is -1.77.